The predicted octanol–water partition coefficient (Wildman–Crippen LogP) is 2.82. The van der Waals surface area contributed by atoms with Crippen LogP contribution >= 0.6 is 0 Å². The van der Waals surface area contributed by atoms with E-state index in [0.717, 1.165) is 18.8 Å². The van der Waals surface area contributed by atoms with E-state index in [2.05, 4.69) is 53.4 Å². The molecule has 1 aromatic carbocycles. The van der Waals surface area contributed by atoms with Crippen molar-refractivity contribution in [3.05, 3.63) is 53.6 Å². The average Bonchev–Trinajstić information content (AvgIpc) is 2.90. The van der Waals surface area contributed by atoms with Crippen LogP contribution in [-0.4, -0.2) is 9.97 Å². The lowest BCUT2D eigenvalue weighted by molar-refractivity contribution is 0.549. The first-order chi connectivity index (χ1) is 8.31. The smallest absolute Gasteiger partial charge is 0.122 e. The molecule has 0 aliphatic heterocycles. The molecule has 0 saturated carbocycles. The Balaban J connectivity index is 1.98. The largest absolute Gasteiger partial charge is 0.347 e. The van der Waals surface area contributed by atoms with Crippen molar-refractivity contribution in [3.8, 4) is 0 Å². The van der Waals surface area contributed by atoms with Crippen LogP contribution in [0.25, 0.3) is 0 Å². The molecule has 3 heteroatoms. The van der Waals surface area contributed by atoms with Crippen LogP contribution in [0.3, 0.4) is 0 Å². The highest BCUT2D eigenvalue weighted by Crippen LogP contribution is 2.12. The van der Waals surface area contributed by atoms with Gasteiger partial charge in [-0.05, 0) is 24.5 Å². The van der Waals surface area contributed by atoms with Crippen LogP contribution in [0.5, 0.6) is 0 Å². The van der Waals surface area contributed by atoms with Crippen LogP contribution in [0.1, 0.15) is 36.8 Å². The number of aromatic nitrogens is 2. The van der Waals surface area contributed by atoms with Crippen LogP contribution < -0.4 is 5.32 Å². The molecule has 0 radical (unpaired) electrons. The number of benzene rings is 1. The van der Waals surface area contributed by atoms with Gasteiger partial charge in [0.25, 0.3) is 0 Å². The number of hydrogen-bond acceptors (Lipinski definition) is 2. The summed E-state index contributed by atoms with van der Waals surface area (Å²) >= 11 is 0. The first-order valence-corrected chi connectivity index (χ1v) is 6.10. The van der Waals surface area contributed by atoms with E-state index in [1.54, 1.807) is 6.20 Å². The van der Waals surface area contributed by atoms with E-state index in [9.17, 15) is 0 Å². The molecule has 0 saturated heterocycles. The second kappa shape index (κ2) is 5.64. The maximum atomic E-state index is 4.25. The maximum absolute atomic E-state index is 4.25. The summed E-state index contributed by atoms with van der Waals surface area (Å²) in [4.78, 5) is 7.38. The third-order valence-corrected chi connectivity index (χ3v) is 3.03. The van der Waals surface area contributed by atoms with Gasteiger partial charge in [0.2, 0.25) is 0 Å². The molecule has 0 spiro atoms. The number of nitrogens with one attached hydrogen (secondary N) is 2. The fraction of sp³-hybridized carbons (Fsp3) is 0.357. The Morgan fingerprint density at radius 1 is 1.29 bits per heavy atom. The van der Waals surface area contributed by atoms with Crippen LogP contribution in [0.4, 0.5) is 0 Å². The zero-order chi connectivity index (χ0) is 12.1. The molecule has 0 amide bonds. The van der Waals surface area contributed by atoms with E-state index in [-0.39, 0.29) is 6.04 Å². The molecule has 90 valence electrons. The van der Waals surface area contributed by atoms with Gasteiger partial charge in [0, 0.05) is 18.9 Å². The molecule has 1 atom stereocenters. The predicted molar refractivity (Wildman–Crippen MR) is 69.7 cm³/mol. The van der Waals surface area contributed by atoms with Crippen molar-refractivity contribution in [1.29, 1.82) is 0 Å². The molecule has 0 fully saturated rings. The van der Waals surface area contributed by atoms with Crippen molar-refractivity contribution >= 4 is 0 Å². The minimum absolute atomic E-state index is 0.245. The van der Waals surface area contributed by atoms with Crippen molar-refractivity contribution in [2.24, 2.45) is 0 Å². The molecular weight excluding hydrogens is 210 g/mol. The third kappa shape index (κ3) is 2.94. The zero-order valence-corrected chi connectivity index (χ0v) is 10.4. The van der Waals surface area contributed by atoms with E-state index in [0.29, 0.717) is 0 Å². The van der Waals surface area contributed by atoms with E-state index in [4.69, 9.17) is 0 Å². The highest BCUT2D eigenvalue weighted by atomic mass is 15.0. The van der Waals surface area contributed by atoms with Gasteiger partial charge in [0.1, 0.15) is 5.82 Å². The zero-order valence-electron chi connectivity index (χ0n) is 10.4. The number of nitrogens with zero attached hydrogens (tertiary/aromatic N) is 1. The Bertz CT molecular complexity index is 448. The van der Waals surface area contributed by atoms with E-state index < -0.39 is 0 Å². The van der Waals surface area contributed by atoms with Crippen LogP contribution in [-0.2, 0) is 13.0 Å². The molecule has 0 aliphatic carbocycles. The third-order valence-electron chi connectivity index (χ3n) is 3.03. The molecule has 3 nitrogen and oxygen atoms in total. The summed E-state index contributed by atoms with van der Waals surface area (Å²) in [5.41, 5.74) is 2.78. The summed E-state index contributed by atoms with van der Waals surface area (Å²) in [5.74, 6) is 0.985. The van der Waals surface area contributed by atoms with Crippen LogP contribution in [0, 0.1) is 0 Å². The van der Waals surface area contributed by atoms with Gasteiger partial charge in [-0.1, -0.05) is 31.2 Å². The second-order valence-electron chi connectivity index (χ2n) is 4.20. The maximum Gasteiger partial charge on any atom is 0.122 e. The summed E-state index contributed by atoms with van der Waals surface area (Å²) < 4.78 is 0. The fourth-order valence-electron chi connectivity index (χ4n) is 1.95. The van der Waals surface area contributed by atoms with Crippen molar-refractivity contribution in [3.63, 3.8) is 0 Å². The molecule has 0 bridgehead atoms. The Kier molecular flexibility index (Phi) is 3.94. The topological polar surface area (TPSA) is 40.7 Å². The van der Waals surface area contributed by atoms with Gasteiger partial charge in [0.05, 0.1) is 6.04 Å². The van der Waals surface area contributed by atoms with Crippen molar-refractivity contribution in [2.75, 3.05) is 0 Å². The molecule has 17 heavy (non-hydrogen) atoms. The lowest BCUT2D eigenvalue weighted by atomic mass is 10.1. The average molecular weight is 229 g/mol. The van der Waals surface area contributed by atoms with Gasteiger partial charge in [-0.25, -0.2) is 4.98 Å². The molecule has 1 unspecified atom stereocenters. The fourth-order valence-corrected chi connectivity index (χ4v) is 1.95. The lowest BCUT2D eigenvalue weighted by Crippen LogP contribution is -2.19. The lowest BCUT2D eigenvalue weighted by Gasteiger charge is -2.13. The van der Waals surface area contributed by atoms with Gasteiger partial charge in [-0.3, -0.25) is 0 Å². The van der Waals surface area contributed by atoms with Gasteiger partial charge in [-0.15, -0.1) is 0 Å². The number of H-pyrrole nitrogens is 1. The van der Waals surface area contributed by atoms with Gasteiger partial charge < -0.3 is 10.3 Å². The Labute approximate surface area is 102 Å². The second-order valence-corrected chi connectivity index (χ2v) is 4.20. The minimum atomic E-state index is 0.245. The normalized spacial score (nSPS) is 12.6. The molecule has 1 heterocycles. The van der Waals surface area contributed by atoms with Crippen LogP contribution in [0.2, 0.25) is 0 Å². The summed E-state index contributed by atoms with van der Waals surface area (Å²) in [5, 5.41) is 3.48. The minimum Gasteiger partial charge on any atom is -0.347 e. The summed E-state index contributed by atoms with van der Waals surface area (Å²) in [6.07, 6.45) is 4.72. The Morgan fingerprint density at radius 2 is 2.06 bits per heavy atom. The molecule has 0 aliphatic rings. The Morgan fingerprint density at radius 3 is 2.71 bits per heavy atom. The molecule has 2 aromatic rings. The van der Waals surface area contributed by atoms with Gasteiger partial charge in [-0.2, -0.15) is 0 Å². The van der Waals surface area contributed by atoms with Crippen molar-refractivity contribution in [1.82, 2.24) is 15.3 Å². The van der Waals surface area contributed by atoms with Gasteiger partial charge >= 0.3 is 0 Å². The molecule has 1 aromatic heterocycles. The molecule has 2 rings (SSSR count). The van der Waals surface area contributed by atoms with Crippen molar-refractivity contribution < 1.29 is 0 Å². The standard InChI is InChI=1S/C14H19N3/c1-3-12-6-4-5-7-13(12)10-17-11(2)14-15-8-9-16-14/h4-9,11,17H,3,10H2,1-2H3,(H,15,16). The van der Waals surface area contributed by atoms with Crippen LogP contribution in [0.15, 0.2) is 36.7 Å². The summed E-state index contributed by atoms with van der Waals surface area (Å²) in [7, 11) is 0. The van der Waals surface area contributed by atoms with Crippen molar-refractivity contribution in [2.45, 2.75) is 32.9 Å². The number of aromatic amines is 1. The number of imidazole rings is 1. The monoisotopic (exact) mass is 229 g/mol. The number of rotatable bonds is 5. The quantitative estimate of drug-likeness (QED) is 0.827. The number of hydrogen-bond donors (Lipinski definition) is 2. The summed E-state index contributed by atoms with van der Waals surface area (Å²) in [6, 6.07) is 8.80. The highest BCUT2D eigenvalue weighted by Gasteiger charge is 2.07. The first-order valence-electron chi connectivity index (χ1n) is 6.10. The number of aryl methyl sites for hydroxylation is 1. The highest BCUT2D eigenvalue weighted by molar-refractivity contribution is 5.26. The first kappa shape index (κ1) is 11.9. The molecular formula is C14H19N3. The Hall–Kier alpha value is -1.61. The van der Waals surface area contributed by atoms with Gasteiger partial charge in [0.15, 0.2) is 0 Å². The van der Waals surface area contributed by atoms with E-state index in [1.165, 1.54) is 11.1 Å². The summed E-state index contributed by atoms with van der Waals surface area (Å²) in [6.45, 7) is 5.19. The SMILES string of the molecule is CCc1ccccc1CNC(C)c1ncc[nH]1. The van der Waals surface area contributed by atoms with E-state index in [1.807, 2.05) is 6.20 Å². The molecule has 2 N–H and O–H groups in total. The van der Waals surface area contributed by atoms with E-state index >= 15 is 0 Å².